The maximum absolute atomic E-state index is 5.55. The lowest BCUT2D eigenvalue weighted by atomic mass is 10.1. The topological polar surface area (TPSA) is 43.8 Å². The summed E-state index contributed by atoms with van der Waals surface area (Å²) in [5.41, 5.74) is 8.83. The fourth-order valence-electron chi connectivity index (χ4n) is 1.68. The van der Waals surface area contributed by atoms with Crippen LogP contribution in [0.3, 0.4) is 0 Å². The molecule has 0 aliphatic carbocycles. The molecular weight excluding hydrogens is 266 g/mol. The molecule has 0 radical (unpaired) electrons. The Morgan fingerprint density at radius 1 is 1.38 bits per heavy atom. The van der Waals surface area contributed by atoms with E-state index in [4.69, 9.17) is 5.73 Å². The number of aromatic nitrogens is 2. The van der Waals surface area contributed by atoms with Gasteiger partial charge in [0.15, 0.2) is 0 Å². The van der Waals surface area contributed by atoms with E-state index in [1.54, 1.807) is 0 Å². The van der Waals surface area contributed by atoms with Gasteiger partial charge in [0.1, 0.15) is 0 Å². The molecule has 0 fully saturated rings. The second-order valence-corrected chi connectivity index (χ2v) is 4.61. The zero-order valence-corrected chi connectivity index (χ0v) is 10.7. The molecule has 0 atom stereocenters. The Balaban J connectivity index is 2.37. The zero-order valence-electron chi connectivity index (χ0n) is 9.15. The average molecular weight is 280 g/mol. The summed E-state index contributed by atoms with van der Waals surface area (Å²) < 4.78 is 2.96. The standard InChI is InChI=1S/C12H14BrN3/c1-16-11(5-6-14)8-12(15-16)9-3-2-4-10(13)7-9/h2-4,7-8H,5-6,14H2,1H3. The fourth-order valence-corrected chi connectivity index (χ4v) is 2.08. The molecule has 0 aliphatic heterocycles. The minimum atomic E-state index is 0.650. The number of halogens is 1. The first-order chi connectivity index (χ1) is 7.70. The van der Waals surface area contributed by atoms with E-state index in [1.807, 2.05) is 23.9 Å². The molecule has 2 rings (SSSR count). The smallest absolute Gasteiger partial charge is 0.0926 e. The normalized spacial score (nSPS) is 10.7. The highest BCUT2D eigenvalue weighted by Gasteiger charge is 2.06. The van der Waals surface area contributed by atoms with Gasteiger partial charge in [0.25, 0.3) is 0 Å². The van der Waals surface area contributed by atoms with E-state index in [1.165, 1.54) is 0 Å². The van der Waals surface area contributed by atoms with Gasteiger partial charge in [-0.25, -0.2) is 0 Å². The van der Waals surface area contributed by atoms with Gasteiger partial charge in [0.05, 0.1) is 5.69 Å². The minimum absolute atomic E-state index is 0.650. The van der Waals surface area contributed by atoms with E-state index in [9.17, 15) is 0 Å². The lowest BCUT2D eigenvalue weighted by Gasteiger charge is -1.96. The number of aryl methyl sites for hydroxylation is 1. The first kappa shape index (κ1) is 11.4. The van der Waals surface area contributed by atoms with Crippen molar-refractivity contribution in [2.75, 3.05) is 6.54 Å². The van der Waals surface area contributed by atoms with Crippen LogP contribution in [-0.2, 0) is 13.5 Å². The Labute approximate surface area is 103 Å². The molecular formula is C12H14BrN3. The summed E-state index contributed by atoms with van der Waals surface area (Å²) >= 11 is 3.46. The maximum atomic E-state index is 5.55. The van der Waals surface area contributed by atoms with Gasteiger partial charge in [0, 0.05) is 29.2 Å². The van der Waals surface area contributed by atoms with E-state index >= 15 is 0 Å². The SMILES string of the molecule is Cn1nc(-c2cccc(Br)c2)cc1CCN. The van der Waals surface area contributed by atoms with Crippen molar-refractivity contribution in [3.8, 4) is 11.3 Å². The monoisotopic (exact) mass is 279 g/mol. The van der Waals surface area contributed by atoms with Crippen LogP contribution < -0.4 is 5.73 Å². The van der Waals surface area contributed by atoms with Crippen LogP contribution in [0.5, 0.6) is 0 Å². The average Bonchev–Trinajstić information content (AvgIpc) is 2.61. The molecule has 0 spiro atoms. The van der Waals surface area contributed by atoms with Gasteiger partial charge in [-0.2, -0.15) is 5.10 Å². The molecule has 0 bridgehead atoms. The molecule has 16 heavy (non-hydrogen) atoms. The van der Waals surface area contributed by atoms with E-state index < -0.39 is 0 Å². The molecule has 0 aliphatic rings. The summed E-state index contributed by atoms with van der Waals surface area (Å²) in [5, 5.41) is 4.48. The molecule has 4 heteroatoms. The van der Waals surface area contributed by atoms with Gasteiger partial charge in [-0.05, 0) is 24.7 Å². The third-order valence-electron chi connectivity index (χ3n) is 2.50. The number of nitrogens with two attached hydrogens (primary N) is 1. The predicted molar refractivity (Wildman–Crippen MR) is 69.1 cm³/mol. The van der Waals surface area contributed by atoms with Gasteiger partial charge in [-0.3, -0.25) is 4.68 Å². The number of hydrogen-bond acceptors (Lipinski definition) is 2. The highest BCUT2D eigenvalue weighted by Crippen LogP contribution is 2.22. The van der Waals surface area contributed by atoms with Crippen molar-refractivity contribution in [1.82, 2.24) is 9.78 Å². The molecule has 1 heterocycles. The molecule has 84 valence electrons. The Bertz CT molecular complexity index is 491. The summed E-state index contributed by atoms with van der Waals surface area (Å²) in [7, 11) is 1.95. The second kappa shape index (κ2) is 4.80. The van der Waals surface area contributed by atoms with E-state index in [2.05, 4.69) is 39.2 Å². The summed E-state index contributed by atoms with van der Waals surface area (Å²) in [4.78, 5) is 0. The van der Waals surface area contributed by atoms with Crippen molar-refractivity contribution in [2.45, 2.75) is 6.42 Å². The highest BCUT2D eigenvalue weighted by molar-refractivity contribution is 9.10. The van der Waals surface area contributed by atoms with E-state index in [0.717, 1.165) is 27.8 Å². The van der Waals surface area contributed by atoms with Crippen LogP contribution in [0.15, 0.2) is 34.8 Å². The van der Waals surface area contributed by atoms with Crippen LogP contribution in [0.2, 0.25) is 0 Å². The molecule has 2 aromatic rings. The van der Waals surface area contributed by atoms with Crippen LogP contribution in [0.1, 0.15) is 5.69 Å². The molecule has 3 nitrogen and oxygen atoms in total. The van der Waals surface area contributed by atoms with Gasteiger partial charge in [-0.1, -0.05) is 28.1 Å². The summed E-state index contributed by atoms with van der Waals surface area (Å²) in [6, 6.07) is 10.2. The van der Waals surface area contributed by atoms with Crippen molar-refractivity contribution >= 4 is 15.9 Å². The first-order valence-corrected chi connectivity index (χ1v) is 5.99. The third-order valence-corrected chi connectivity index (χ3v) is 2.99. The third kappa shape index (κ3) is 2.33. The zero-order chi connectivity index (χ0) is 11.5. The molecule has 0 saturated heterocycles. The van der Waals surface area contributed by atoms with Crippen molar-refractivity contribution in [3.05, 3.63) is 40.5 Å². The van der Waals surface area contributed by atoms with E-state index in [-0.39, 0.29) is 0 Å². The summed E-state index contributed by atoms with van der Waals surface area (Å²) in [5.74, 6) is 0. The molecule has 1 aromatic carbocycles. The number of hydrogen-bond donors (Lipinski definition) is 1. The van der Waals surface area contributed by atoms with Gasteiger partial charge < -0.3 is 5.73 Å². The maximum Gasteiger partial charge on any atom is 0.0926 e. The second-order valence-electron chi connectivity index (χ2n) is 3.69. The van der Waals surface area contributed by atoms with Crippen LogP contribution in [0, 0.1) is 0 Å². The lowest BCUT2D eigenvalue weighted by molar-refractivity contribution is 0.708. The fraction of sp³-hybridized carbons (Fsp3) is 0.250. The van der Waals surface area contributed by atoms with Gasteiger partial charge in [0.2, 0.25) is 0 Å². The lowest BCUT2D eigenvalue weighted by Crippen LogP contribution is -2.06. The van der Waals surface area contributed by atoms with Crippen molar-refractivity contribution in [3.63, 3.8) is 0 Å². The molecule has 0 amide bonds. The first-order valence-electron chi connectivity index (χ1n) is 5.19. The summed E-state index contributed by atoms with van der Waals surface area (Å²) in [6.07, 6.45) is 0.859. The van der Waals surface area contributed by atoms with Crippen LogP contribution in [-0.4, -0.2) is 16.3 Å². The molecule has 1 aromatic heterocycles. The number of rotatable bonds is 3. The predicted octanol–water partition coefficient (Wildman–Crippen LogP) is 2.35. The van der Waals surface area contributed by atoms with Crippen LogP contribution in [0.25, 0.3) is 11.3 Å². The van der Waals surface area contributed by atoms with Crippen molar-refractivity contribution in [2.24, 2.45) is 12.8 Å². The Morgan fingerprint density at radius 3 is 2.88 bits per heavy atom. The molecule has 0 unspecified atom stereocenters. The Morgan fingerprint density at radius 2 is 2.19 bits per heavy atom. The van der Waals surface area contributed by atoms with Crippen molar-refractivity contribution < 1.29 is 0 Å². The number of benzene rings is 1. The number of nitrogens with zero attached hydrogens (tertiary/aromatic N) is 2. The largest absolute Gasteiger partial charge is 0.330 e. The Hall–Kier alpha value is -1.13. The quantitative estimate of drug-likeness (QED) is 0.938. The van der Waals surface area contributed by atoms with E-state index in [0.29, 0.717) is 6.54 Å². The molecule has 2 N–H and O–H groups in total. The van der Waals surface area contributed by atoms with Crippen LogP contribution in [0.4, 0.5) is 0 Å². The minimum Gasteiger partial charge on any atom is -0.330 e. The van der Waals surface area contributed by atoms with Gasteiger partial charge >= 0.3 is 0 Å². The Kier molecular flexibility index (Phi) is 3.41. The summed E-state index contributed by atoms with van der Waals surface area (Å²) in [6.45, 7) is 0.650. The van der Waals surface area contributed by atoms with Crippen LogP contribution >= 0.6 is 15.9 Å². The van der Waals surface area contributed by atoms with Crippen molar-refractivity contribution in [1.29, 1.82) is 0 Å². The highest BCUT2D eigenvalue weighted by atomic mass is 79.9. The van der Waals surface area contributed by atoms with Gasteiger partial charge in [-0.15, -0.1) is 0 Å². The molecule has 0 saturated carbocycles.